The Hall–Kier alpha value is -1.00. The molecule has 0 spiro atoms. The van der Waals surface area contributed by atoms with Crippen molar-refractivity contribution in [1.82, 2.24) is 14.8 Å². The third-order valence-electron chi connectivity index (χ3n) is 0.399. The molecule has 0 aromatic carbocycles. The van der Waals surface area contributed by atoms with Gasteiger partial charge in [-0.15, -0.1) is 0 Å². The third kappa shape index (κ3) is 0.703. The first-order chi connectivity index (χ1) is 3.43. The Morgan fingerprint density at radius 3 is 3.00 bits per heavy atom. The van der Waals surface area contributed by atoms with E-state index in [1.54, 1.807) is 0 Å². The van der Waals surface area contributed by atoms with Gasteiger partial charge >= 0.3 is 4.80 Å². The smallest absolute Gasteiger partial charge is 0.496 e. The van der Waals surface area contributed by atoms with Crippen molar-refractivity contribution in [2.75, 3.05) is 0 Å². The van der Waals surface area contributed by atoms with Crippen molar-refractivity contribution >= 4 is 11.5 Å². The van der Waals surface area contributed by atoms with Crippen LogP contribution in [0.4, 0.5) is 0 Å². The van der Waals surface area contributed by atoms with E-state index in [-0.39, 0.29) is 4.80 Å². The van der Waals surface area contributed by atoms with Gasteiger partial charge in [0.15, 0.2) is 0 Å². The number of nitrogens with zero attached hydrogens (tertiary/aromatic N) is 4. The predicted molar refractivity (Wildman–Crippen MR) is 21.0 cm³/mol. The van der Waals surface area contributed by atoms with Gasteiger partial charge in [0, 0.05) is 0 Å². The van der Waals surface area contributed by atoms with E-state index in [2.05, 4.69) is 19.6 Å². The molecular weight excluding hydrogens is 114 g/mol. The minimum Gasteiger partial charge on any atom is -0.496 e. The van der Waals surface area contributed by atoms with Crippen LogP contribution in [0, 0.1) is 0 Å². The maximum Gasteiger partial charge on any atom is 0.505 e. The maximum atomic E-state index is 7.94. The fourth-order valence-corrected chi connectivity index (χ4v) is 0.471. The van der Waals surface area contributed by atoms with Crippen LogP contribution in [0.3, 0.4) is 0 Å². The summed E-state index contributed by atoms with van der Waals surface area (Å²) in [6.07, 6.45) is 0. The van der Waals surface area contributed by atoms with Crippen molar-refractivity contribution < 1.29 is 4.79 Å². The van der Waals surface area contributed by atoms with Gasteiger partial charge in [0.1, 0.15) is 5.10 Å². The first-order valence-corrected chi connectivity index (χ1v) is 2.30. The molecule has 1 aromatic heterocycles. The molecule has 0 amide bonds. The molecule has 0 bridgehead atoms. The molecular formula is CHN5S. The molecule has 0 atom stereocenters. The molecule has 0 aliphatic carbocycles. The van der Waals surface area contributed by atoms with E-state index in [1.807, 2.05) is 0 Å². The Morgan fingerprint density at radius 1 is 1.86 bits per heavy atom. The second-order valence-electron chi connectivity index (χ2n) is 0.776. The van der Waals surface area contributed by atoms with E-state index in [1.165, 1.54) is 0 Å². The molecule has 7 heavy (non-hydrogen) atoms. The van der Waals surface area contributed by atoms with Crippen LogP contribution in [0.2, 0.25) is 0 Å². The molecule has 0 aliphatic rings. The SMILES string of the molecule is [N-]=[N+]=c1nn[nH]s1. The van der Waals surface area contributed by atoms with E-state index < -0.39 is 0 Å². The maximum absolute atomic E-state index is 7.94. The van der Waals surface area contributed by atoms with Crippen molar-refractivity contribution in [2.45, 2.75) is 0 Å². The molecule has 1 N–H and O–H groups in total. The van der Waals surface area contributed by atoms with E-state index in [0.29, 0.717) is 0 Å². The molecule has 1 aromatic rings. The molecule has 0 fully saturated rings. The first kappa shape index (κ1) is 4.17. The summed E-state index contributed by atoms with van der Waals surface area (Å²) in [6.45, 7) is 0. The number of nitrogens with one attached hydrogen (secondary N) is 1. The summed E-state index contributed by atoms with van der Waals surface area (Å²) in [5.74, 6) is 0. The fourth-order valence-electron chi connectivity index (χ4n) is 0.185. The first-order valence-electron chi connectivity index (χ1n) is 1.48. The van der Waals surface area contributed by atoms with E-state index in [0.717, 1.165) is 11.5 Å². The van der Waals surface area contributed by atoms with Gasteiger partial charge in [-0.2, -0.15) is 4.49 Å². The van der Waals surface area contributed by atoms with Crippen molar-refractivity contribution in [1.29, 1.82) is 0 Å². The average Bonchev–Trinajstić information content (AvgIpc) is 2.14. The van der Waals surface area contributed by atoms with Crippen LogP contribution in [-0.2, 0) is 0 Å². The van der Waals surface area contributed by atoms with Gasteiger partial charge in [-0.25, -0.2) is 0 Å². The number of hydrogen-bond donors (Lipinski definition) is 1. The number of hydrogen-bond acceptors (Lipinski definition) is 3. The standard InChI is InChI=1S/CHN5S/c2-3-1-4-5-6-7-1/h(H,4,6). The van der Waals surface area contributed by atoms with Crippen molar-refractivity contribution in [3.05, 3.63) is 10.3 Å². The quantitative estimate of drug-likeness (QED) is 0.347. The molecule has 1 heterocycles. The second kappa shape index (κ2) is 1.63. The summed E-state index contributed by atoms with van der Waals surface area (Å²) in [6, 6.07) is 0. The monoisotopic (exact) mass is 115 g/mol. The van der Waals surface area contributed by atoms with Gasteiger partial charge in [-0.3, -0.25) is 4.79 Å². The third-order valence-corrected chi connectivity index (χ3v) is 0.918. The van der Waals surface area contributed by atoms with E-state index in [4.69, 9.17) is 5.53 Å². The van der Waals surface area contributed by atoms with Crippen LogP contribution >= 0.6 is 11.5 Å². The fraction of sp³-hybridized carbons (Fsp3) is 0. The van der Waals surface area contributed by atoms with Crippen LogP contribution in [-0.4, -0.2) is 19.6 Å². The minimum atomic E-state index is 0.236. The van der Waals surface area contributed by atoms with Gasteiger partial charge in [0.25, 0.3) is 0 Å². The number of aromatic nitrogens is 3. The van der Waals surface area contributed by atoms with E-state index in [9.17, 15) is 0 Å². The normalized spacial score (nSPS) is 8.00. The zero-order valence-electron chi connectivity index (χ0n) is 3.20. The van der Waals surface area contributed by atoms with Crippen molar-refractivity contribution in [3.63, 3.8) is 0 Å². The molecule has 0 radical (unpaired) electrons. The Kier molecular flexibility index (Phi) is 0.972. The zero-order chi connectivity index (χ0) is 5.11. The summed E-state index contributed by atoms with van der Waals surface area (Å²) in [7, 11) is 0. The van der Waals surface area contributed by atoms with Gasteiger partial charge in [-0.1, -0.05) is 0 Å². The van der Waals surface area contributed by atoms with Gasteiger partial charge in [-0.05, 0) is 0 Å². The summed E-state index contributed by atoms with van der Waals surface area (Å²) in [5.41, 5.74) is 7.94. The summed E-state index contributed by atoms with van der Waals surface area (Å²) < 4.78 is 2.41. The lowest BCUT2D eigenvalue weighted by atomic mass is 11.5. The summed E-state index contributed by atoms with van der Waals surface area (Å²) in [4.78, 5) is 2.98. The molecule has 0 unspecified atom stereocenters. The highest BCUT2D eigenvalue weighted by Crippen LogP contribution is 1.59. The van der Waals surface area contributed by atoms with Crippen molar-refractivity contribution in [3.8, 4) is 0 Å². The predicted octanol–water partition coefficient (Wildman–Crippen LogP) is -1.00. The van der Waals surface area contributed by atoms with Crippen LogP contribution in [0.25, 0.3) is 5.53 Å². The van der Waals surface area contributed by atoms with Crippen LogP contribution in [0.5, 0.6) is 0 Å². The van der Waals surface area contributed by atoms with Gasteiger partial charge in [0.2, 0.25) is 0 Å². The summed E-state index contributed by atoms with van der Waals surface area (Å²) in [5, 5.41) is 6.61. The summed E-state index contributed by atoms with van der Waals surface area (Å²) >= 11 is 1.06. The van der Waals surface area contributed by atoms with Crippen LogP contribution < -0.4 is 4.80 Å². The molecule has 5 nitrogen and oxygen atoms in total. The van der Waals surface area contributed by atoms with E-state index >= 15 is 0 Å². The largest absolute Gasteiger partial charge is 0.505 e. The Labute approximate surface area is 42.4 Å². The second-order valence-corrected chi connectivity index (χ2v) is 1.53. The highest BCUT2D eigenvalue weighted by molar-refractivity contribution is 7.02. The average molecular weight is 115 g/mol. The highest BCUT2D eigenvalue weighted by Gasteiger charge is 1.89. The molecule has 0 aliphatic heterocycles. The lowest BCUT2D eigenvalue weighted by Crippen LogP contribution is -1.97. The molecule has 36 valence electrons. The number of rotatable bonds is 0. The van der Waals surface area contributed by atoms with Gasteiger partial charge < -0.3 is 5.53 Å². The topological polar surface area (TPSA) is 78.0 Å². The minimum absolute atomic E-state index is 0.236. The Bertz CT molecular complexity index is 197. The lowest BCUT2D eigenvalue weighted by molar-refractivity contribution is -0.0662. The van der Waals surface area contributed by atoms with Crippen molar-refractivity contribution in [2.24, 2.45) is 0 Å². The Balaban J connectivity index is 3.50. The number of H-pyrrole nitrogens is 1. The van der Waals surface area contributed by atoms with Gasteiger partial charge in [0.05, 0.1) is 16.7 Å². The highest BCUT2D eigenvalue weighted by atomic mass is 32.1. The molecule has 1 rings (SSSR count). The lowest BCUT2D eigenvalue weighted by Gasteiger charge is -1.43. The zero-order valence-corrected chi connectivity index (χ0v) is 4.01. The Morgan fingerprint density at radius 2 is 2.71 bits per heavy atom. The van der Waals surface area contributed by atoms with Crippen LogP contribution in [0.1, 0.15) is 0 Å². The molecule has 6 heteroatoms. The number of aromatic amines is 1. The molecule has 0 saturated heterocycles. The molecule has 0 saturated carbocycles. The van der Waals surface area contributed by atoms with Crippen LogP contribution in [0.15, 0.2) is 0 Å².